The predicted molar refractivity (Wildman–Crippen MR) is 38.4 cm³/mol. The quantitative estimate of drug-likeness (QED) is 0.355. The summed E-state index contributed by atoms with van der Waals surface area (Å²) in [5.41, 5.74) is 0. The van der Waals surface area contributed by atoms with Crippen LogP contribution in [0.5, 0.6) is 0 Å². The van der Waals surface area contributed by atoms with Crippen molar-refractivity contribution in [1.29, 1.82) is 5.26 Å². The van der Waals surface area contributed by atoms with Crippen LogP contribution in [-0.4, -0.2) is 48.3 Å². The van der Waals surface area contributed by atoms with Gasteiger partial charge in [0.2, 0.25) is 0 Å². The first-order valence-corrected chi connectivity index (χ1v) is 3.99. The molecule has 0 aliphatic heterocycles. The molecule has 0 aromatic carbocycles. The van der Waals surface area contributed by atoms with Gasteiger partial charge in [-0.3, -0.25) is 4.55 Å². The molecule has 54 valence electrons. The van der Waals surface area contributed by atoms with Gasteiger partial charge in [-0.1, -0.05) is 0 Å². The molecule has 0 saturated carbocycles. The molecule has 0 atom stereocenters. The van der Waals surface area contributed by atoms with Gasteiger partial charge in [0.15, 0.2) is 0 Å². The third-order valence-electron chi connectivity index (χ3n) is 0.691. The fraction of sp³-hybridized carbons (Fsp3) is 0.750. The summed E-state index contributed by atoms with van der Waals surface area (Å²) in [6, 6.07) is 1.76. The van der Waals surface area contributed by atoms with Gasteiger partial charge in [-0.2, -0.15) is 13.7 Å². The third kappa shape index (κ3) is 11.2. The molecule has 0 bridgehead atoms. The van der Waals surface area contributed by atoms with E-state index in [9.17, 15) is 8.42 Å². The average Bonchev–Trinajstić information content (AvgIpc) is 1.63. The normalized spacial score (nSPS) is 9.60. The van der Waals surface area contributed by atoms with Crippen molar-refractivity contribution in [2.75, 3.05) is 5.75 Å². The van der Waals surface area contributed by atoms with Crippen molar-refractivity contribution in [3.8, 4) is 6.07 Å². The summed E-state index contributed by atoms with van der Waals surface area (Å²) >= 11 is 0. The van der Waals surface area contributed by atoms with Crippen molar-refractivity contribution in [1.82, 2.24) is 0 Å². The topological polar surface area (TPSA) is 78.2 Å². The van der Waals surface area contributed by atoms with Gasteiger partial charge in [0.1, 0.15) is 0 Å². The number of unbranched alkanes of at least 4 members (excludes halogenated alkanes) is 1. The molecule has 0 rings (SSSR count). The molecule has 0 fully saturated rings. The van der Waals surface area contributed by atoms with Crippen molar-refractivity contribution in [3.63, 3.8) is 0 Å². The molecule has 6 heteroatoms. The van der Waals surface area contributed by atoms with Gasteiger partial charge in [-0.25, -0.2) is 0 Å². The van der Waals surface area contributed by atoms with Gasteiger partial charge < -0.3 is 0 Å². The number of nitrogens with zero attached hydrogens (tertiary/aromatic N) is 1. The summed E-state index contributed by atoms with van der Waals surface area (Å²) in [4.78, 5) is 0. The maximum absolute atomic E-state index is 9.95. The molecular weight excluding hydrogens is 165 g/mol. The van der Waals surface area contributed by atoms with Crippen LogP contribution in [-0.2, 0) is 10.1 Å². The Morgan fingerprint density at radius 3 is 2.30 bits per heavy atom. The van der Waals surface area contributed by atoms with E-state index in [1.807, 2.05) is 0 Å². The Morgan fingerprint density at radius 1 is 1.50 bits per heavy atom. The van der Waals surface area contributed by atoms with Crippen LogP contribution in [0.3, 0.4) is 0 Å². The van der Waals surface area contributed by atoms with E-state index in [4.69, 9.17) is 9.81 Å². The molecule has 0 aromatic heterocycles. The molecule has 0 radical (unpaired) electrons. The van der Waals surface area contributed by atoms with Crippen molar-refractivity contribution < 1.29 is 13.0 Å². The van der Waals surface area contributed by atoms with Crippen LogP contribution < -0.4 is 0 Å². The first-order chi connectivity index (χ1) is 4.06. The second-order valence-corrected chi connectivity index (χ2v) is 3.12. The summed E-state index contributed by atoms with van der Waals surface area (Å²) in [5, 5.41) is 7.94. The fourth-order valence-electron chi connectivity index (χ4n) is 0.334. The fourth-order valence-corrected chi connectivity index (χ4v) is 0.843. The summed E-state index contributed by atoms with van der Waals surface area (Å²) in [7, 11) is -3.85. The zero-order valence-corrected chi connectivity index (χ0v) is 5.56. The number of hydrogen-bond donors (Lipinski definition) is 1. The molecule has 0 amide bonds. The summed E-state index contributed by atoms with van der Waals surface area (Å²) in [5.74, 6) is -0.319. The van der Waals surface area contributed by atoms with Crippen LogP contribution in [0.4, 0.5) is 0 Å². The third-order valence-corrected chi connectivity index (χ3v) is 1.50. The molecule has 0 aliphatic carbocycles. The maximum atomic E-state index is 9.95. The van der Waals surface area contributed by atoms with Crippen molar-refractivity contribution in [2.45, 2.75) is 12.8 Å². The number of nitriles is 1. The van der Waals surface area contributed by atoms with Crippen molar-refractivity contribution in [3.05, 3.63) is 0 Å². The standard InChI is InChI=1S/C4H7NO3S.Na.H/c5-3-1-2-4-9(6,7)8;;/h1-2,4H2,(H,6,7,8);;. The Bertz CT molecular complexity index is 205. The molecule has 0 spiro atoms. The molecule has 0 aromatic rings. The van der Waals surface area contributed by atoms with Crippen LogP contribution in [0.2, 0.25) is 0 Å². The van der Waals surface area contributed by atoms with Gasteiger partial charge in [0.25, 0.3) is 10.1 Å². The zero-order chi connectivity index (χ0) is 7.33. The first-order valence-electron chi connectivity index (χ1n) is 2.38. The molecule has 0 heterocycles. The minimum atomic E-state index is -3.85. The summed E-state index contributed by atoms with van der Waals surface area (Å²) in [6.45, 7) is 0. The molecular formula is C4H8NNaO3S. The van der Waals surface area contributed by atoms with Crippen LogP contribution in [0.1, 0.15) is 12.8 Å². The van der Waals surface area contributed by atoms with E-state index in [-0.39, 0.29) is 48.2 Å². The van der Waals surface area contributed by atoms with Gasteiger partial charge in [0.05, 0.1) is 11.8 Å². The van der Waals surface area contributed by atoms with Gasteiger partial charge in [-0.15, -0.1) is 0 Å². The van der Waals surface area contributed by atoms with E-state index in [2.05, 4.69) is 0 Å². The zero-order valence-electron chi connectivity index (χ0n) is 4.74. The molecule has 4 nitrogen and oxygen atoms in total. The predicted octanol–water partition coefficient (Wildman–Crippen LogP) is -0.471. The molecule has 0 aliphatic rings. The molecule has 10 heavy (non-hydrogen) atoms. The Kier molecular flexibility index (Phi) is 7.99. The number of hydrogen-bond acceptors (Lipinski definition) is 3. The minimum absolute atomic E-state index is 0. The number of rotatable bonds is 3. The Morgan fingerprint density at radius 2 is 2.00 bits per heavy atom. The van der Waals surface area contributed by atoms with E-state index >= 15 is 0 Å². The molecule has 1 N–H and O–H groups in total. The van der Waals surface area contributed by atoms with E-state index in [1.54, 1.807) is 6.07 Å². The van der Waals surface area contributed by atoms with Crippen molar-refractivity contribution >= 4 is 39.7 Å². The van der Waals surface area contributed by atoms with Gasteiger partial charge >= 0.3 is 29.6 Å². The van der Waals surface area contributed by atoms with Crippen LogP contribution >= 0.6 is 0 Å². The van der Waals surface area contributed by atoms with E-state index in [0.717, 1.165) is 0 Å². The van der Waals surface area contributed by atoms with Gasteiger partial charge in [-0.05, 0) is 6.42 Å². The molecule has 0 saturated heterocycles. The van der Waals surface area contributed by atoms with E-state index in [1.165, 1.54) is 0 Å². The molecule has 0 unspecified atom stereocenters. The van der Waals surface area contributed by atoms with Crippen molar-refractivity contribution in [2.24, 2.45) is 0 Å². The second kappa shape index (κ2) is 6.13. The monoisotopic (exact) mass is 173 g/mol. The van der Waals surface area contributed by atoms with Crippen LogP contribution in [0.25, 0.3) is 0 Å². The van der Waals surface area contributed by atoms with Crippen LogP contribution in [0.15, 0.2) is 0 Å². The summed E-state index contributed by atoms with van der Waals surface area (Å²) < 4.78 is 28.0. The van der Waals surface area contributed by atoms with Crippen LogP contribution in [0, 0.1) is 11.3 Å². The SMILES string of the molecule is N#CCCCS(=O)(=O)O.[NaH]. The second-order valence-electron chi connectivity index (χ2n) is 1.55. The van der Waals surface area contributed by atoms with E-state index < -0.39 is 10.1 Å². The first kappa shape index (κ1) is 13.0. The van der Waals surface area contributed by atoms with E-state index in [0.29, 0.717) is 0 Å². The average molecular weight is 173 g/mol. The summed E-state index contributed by atoms with van der Waals surface area (Å²) in [6.07, 6.45) is 0.370. The van der Waals surface area contributed by atoms with Gasteiger partial charge in [0, 0.05) is 6.42 Å². The Labute approximate surface area is 82.3 Å². The Balaban J connectivity index is 0. The Hall–Kier alpha value is 0.400.